The zero-order valence-corrected chi connectivity index (χ0v) is 14.8. The largest absolute Gasteiger partial charge is 0.508 e. The molecule has 3 aromatic carbocycles. The number of phenolic OH excluding ortho intramolecular Hbond substituents is 1. The number of carbonyl (C=O) groups excluding carboxylic acids is 1. The summed E-state index contributed by atoms with van der Waals surface area (Å²) in [6.45, 7) is 6.18. The van der Waals surface area contributed by atoms with Gasteiger partial charge in [-0.1, -0.05) is 69.3 Å². The van der Waals surface area contributed by atoms with Crippen molar-refractivity contribution in [2.24, 2.45) is 5.41 Å². The van der Waals surface area contributed by atoms with E-state index in [4.69, 9.17) is 0 Å². The van der Waals surface area contributed by atoms with Crippen molar-refractivity contribution in [3.63, 3.8) is 0 Å². The average Bonchev–Trinajstić information content (AvgIpc) is 2.60. The maximum absolute atomic E-state index is 12.7. The minimum Gasteiger partial charge on any atom is -0.508 e. The Labute approximate surface area is 148 Å². The molecule has 25 heavy (non-hydrogen) atoms. The van der Waals surface area contributed by atoms with Gasteiger partial charge in [-0.3, -0.25) is 4.79 Å². The summed E-state index contributed by atoms with van der Waals surface area (Å²) in [5, 5.41) is 15.7. The molecule has 0 heterocycles. The Hall–Kier alpha value is -2.81. The van der Waals surface area contributed by atoms with Gasteiger partial charge in [0.2, 0.25) is 0 Å². The molecule has 0 fully saturated rings. The number of hydrogen-bond donors (Lipinski definition) is 2. The molecule has 0 spiro atoms. The highest BCUT2D eigenvalue weighted by molar-refractivity contribution is 5.95. The molecular formula is C22H23NO2. The van der Waals surface area contributed by atoms with E-state index in [1.165, 1.54) is 0 Å². The summed E-state index contributed by atoms with van der Waals surface area (Å²) in [7, 11) is 0. The Kier molecular flexibility index (Phi) is 4.49. The monoisotopic (exact) mass is 333 g/mol. The number of hydrogen-bond acceptors (Lipinski definition) is 2. The van der Waals surface area contributed by atoms with Gasteiger partial charge in [-0.15, -0.1) is 0 Å². The van der Waals surface area contributed by atoms with Gasteiger partial charge in [0.15, 0.2) is 0 Å². The Bertz CT molecular complexity index is 895. The van der Waals surface area contributed by atoms with Gasteiger partial charge >= 0.3 is 0 Å². The zero-order chi connectivity index (χ0) is 18.0. The molecule has 3 rings (SSSR count). The Morgan fingerprint density at radius 1 is 0.920 bits per heavy atom. The summed E-state index contributed by atoms with van der Waals surface area (Å²) in [5.74, 6) is 0.0554. The molecule has 0 aliphatic heterocycles. The predicted octanol–water partition coefficient (Wildman–Crippen LogP) is 5.06. The number of phenols is 1. The summed E-state index contributed by atoms with van der Waals surface area (Å²) in [4.78, 5) is 12.7. The van der Waals surface area contributed by atoms with Gasteiger partial charge in [0.25, 0.3) is 5.91 Å². The second-order valence-electron chi connectivity index (χ2n) is 7.36. The highest BCUT2D eigenvalue weighted by Crippen LogP contribution is 2.41. The summed E-state index contributed by atoms with van der Waals surface area (Å²) in [6.07, 6.45) is 0. The normalized spacial score (nSPS) is 12.8. The van der Waals surface area contributed by atoms with Crippen LogP contribution in [-0.2, 0) is 0 Å². The van der Waals surface area contributed by atoms with Gasteiger partial charge in [0.05, 0.1) is 6.04 Å². The highest BCUT2D eigenvalue weighted by Gasteiger charge is 2.31. The lowest BCUT2D eigenvalue weighted by Gasteiger charge is -2.33. The molecule has 3 nitrogen and oxygen atoms in total. The molecule has 0 aliphatic carbocycles. The number of carbonyl (C=O) groups is 1. The third-order valence-corrected chi connectivity index (χ3v) is 4.41. The fourth-order valence-corrected chi connectivity index (χ4v) is 3.11. The summed E-state index contributed by atoms with van der Waals surface area (Å²) in [6, 6.07) is 20.3. The van der Waals surface area contributed by atoms with Crippen molar-refractivity contribution in [2.75, 3.05) is 0 Å². The first-order chi connectivity index (χ1) is 11.9. The van der Waals surface area contributed by atoms with E-state index in [9.17, 15) is 9.90 Å². The number of aromatic hydroxyl groups is 1. The first kappa shape index (κ1) is 17.0. The van der Waals surface area contributed by atoms with Crippen molar-refractivity contribution in [1.29, 1.82) is 0 Å². The standard InChI is InChI=1S/C22H23NO2/c1-22(2,3)20(23-21(25)16-10-5-4-6-11-16)19-17-12-8-7-9-15(17)13-14-18(19)24/h4-14,20,24H,1-3H3,(H,23,25). The van der Waals surface area contributed by atoms with Crippen LogP contribution in [0.2, 0.25) is 0 Å². The molecule has 2 N–H and O–H groups in total. The van der Waals surface area contributed by atoms with E-state index in [0.29, 0.717) is 5.56 Å². The van der Waals surface area contributed by atoms with Crippen molar-refractivity contribution in [1.82, 2.24) is 5.32 Å². The molecule has 0 aliphatic rings. The van der Waals surface area contributed by atoms with Crippen molar-refractivity contribution in [3.8, 4) is 5.75 Å². The molecule has 0 saturated heterocycles. The minimum absolute atomic E-state index is 0.146. The molecule has 0 bridgehead atoms. The predicted molar refractivity (Wildman–Crippen MR) is 102 cm³/mol. The van der Waals surface area contributed by atoms with Crippen LogP contribution in [0.25, 0.3) is 10.8 Å². The molecule has 0 aromatic heterocycles. The smallest absolute Gasteiger partial charge is 0.251 e. The molecular weight excluding hydrogens is 310 g/mol. The minimum atomic E-state index is -0.327. The van der Waals surface area contributed by atoms with Crippen molar-refractivity contribution in [3.05, 3.63) is 77.9 Å². The number of amides is 1. The summed E-state index contributed by atoms with van der Waals surface area (Å²) in [5.41, 5.74) is 1.10. The van der Waals surface area contributed by atoms with E-state index in [1.54, 1.807) is 18.2 Å². The van der Waals surface area contributed by atoms with Crippen LogP contribution in [0.4, 0.5) is 0 Å². The molecule has 128 valence electrons. The Morgan fingerprint density at radius 3 is 2.24 bits per heavy atom. The van der Waals surface area contributed by atoms with Crippen molar-refractivity contribution < 1.29 is 9.90 Å². The fraction of sp³-hybridized carbons (Fsp3) is 0.227. The number of nitrogens with one attached hydrogen (secondary N) is 1. The van der Waals surface area contributed by atoms with Gasteiger partial charge in [-0.25, -0.2) is 0 Å². The molecule has 0 saturated carbocycles. The first-order valence-electron chi connectivity index (χ1n) is 8.44. The van der Waals surface area contributed by atoms with E-state index in [1.807, 2.05) is 48.5 Å². The van der Waals surface area contributed by atoms with Gasteiger partial charge in [-0.05, 0) is 34.4 Å². The maximum atomic E-state index is 12.7. The lowest BCUT2D eigenvalue weighted by Crippen LogP contribution is -2.36. The second-order valence-corrected chi connectivity index (χ2v) is 7.36. The zero-order valence-electron chi connectivity index (χ0n) is 14.8. The third kappa shape index (κ3) is 3.50. The maximum Gasteiger partial charge on any atom is 0.251 e. The van der Waals surface area contributed by atoms with Crippen LogP contribution >= 0.6 is 0 Å². The van der Waals surface area contributed by atoms with Gasteiger partial charge in [0, 0.05) is 11.1 Å². The molecule has 1 unspecified atom stereocenters. The van der Waals surface area contributed by atoms with Crippen LogP contribution in [0, 0.1) is 5.41 Å². The van der Waals surface area contributed by atoms with E-state index < -0.39 is 0 Å². The van der Waals surface area contributed by atoms with Crippen LogP contribution in [-0.4, -0.2) is 11.0 Å². The van der Waals surface area contributed by atoms with E-state index in [0.717, 1.165) is 16.3 Å². The molecule has 1 amide bonds. The van der Waals surface area contributed by atoms with Crippen molar-refractivity contribution in [2.45, 2.75) is 26.8 Å². The summed E-state index contributed by atoms with van der Waals surface area (Å²) < 4.78 is 0. The number of fused-ring (bicyclic) bond motifs is 1. The third-order valence-electron chi connectivity index (χ3n) is 4.41. The first-order valence-corrected chi connectivity index (χ1v) is 8.44. The molecule has 3 aromatic rings. The summed E-state index contributed by atoms with van der Waals surface area (Å²) >= 11 is 0. The van der Waals surface area contributed by atoms with Crippen LogP contribution in [0.15, 0.2) is 66.7 Å². The van der Waals surface area contributed by atoms with E-state index in [2.05, 4.69) is 26.1 Å². The quantitative estimate of drug-likeness (QED) is 0.703. The van der Waals surface area contributed by atoms with Gasteiger partial charge in [-0.2, -0.15) is 0 Å². The lowest BCUT2D eigenvalue weighted by molar-refractivity contribution is 0.0901. The highest BCUT2D eigenvalue weighted by atomic mass is 16.3. The molecule has 0 radical (unpaired) electrons. The number of rotatable bonds is 3. The van der Waals surface area contributed by atoms with Crippen LogP contribution < -0.4 is 5.32 Å². The SMILES string of the molecule is CC(C)(C)C(NC(=O)c1ccccc1)c1c(O)ccc2ccccc12. The topological polar surface area (TPSA) is 49.3 Å². The molecule has 3 heteroatoms. The van der Waals surface area contributed by atoms with E-state index in [-0.39, 0.29) is 23.1 Å². The average molecular weight is 333 g/mol. The lowest BCUT2D eigenvalue weighted by atomic mass is 9.80. The Morgan fingerprint density at radius 2 is 1.56 bits per heavy atom. The van der Waals surface area contributed by atoms with Crippen LogP contribution in [0.3, 0.4) is 0 Å². The number of benzene rings is 3. The van der Waals surface area contributed by atoms with Crippen LogP contribution in [0.1, 0.15) is 42.7 Å². The van der Waals surface area contributed by atoms with Gasteiger partial charge < -0.3 is 10.4 Å². The molecule has 1 atom stereocenters. The van der Waals surface area contributed by atoms with E-state index >= 15 is 0 Å². The van der Waals surface area contributed by atoms with Crippen molar-refractivity contribution >= 4 is 16.7 Å². The van der Waals surface area contributed by atoms with Crippen LogP contribution in [0.5, 0.6) is 5.75 Å². The fourth-order valence-electron chi connectivity index (χ4n) is 3.11. The van der Waals surface area contributed by atoms with Gasteiger partial charge in [0.1, 0.15) is 5.75 Å². The second kappa shape index (κ2) is 6.60. The Balaban J connectivity index is 2.09.